The van der Waals surface area contributed by atoms with Gasteiger partial charge in [-0.2, -0.15) is 15.4 Å². The molecule has 3 heterocycles. The first kappa shape index (κ1) is 31.4. The number of hydrogen-bond donors (Lipinski definition) is 4. The Bertz CT molecular complexity index is 1510. The maximum Gasteiger partial charge on any atom is 0.459 e. The number of rotatable bonds is 11. The first-order valence-corrected chi connectivity index (χ1v) is 14.7. The lowest BCUT2D eigenvalue weighted by Crippen LogP contribution is -2.51. The molecule has 4 rings (SSSR count). The monoisotopic (exact) mass is 602 g/mol. The van der Waals surface area contributed by atoms with Crippen LogP contribution in [0.15, 0.2) is 48.8 Å². The molecule has 0 spiro atoms. The highest BCUT2D eigenvalue weighted by Crippen LogP contribution is 2.48. The summed E-state index contributed by atoms with van der Waals surface area (Å²) >= 11 is 0. The largest absolute Gasteiger partial charge is 0.465 e. The molecule has 1 saturated heterocycles. The molecular weight excluding hydrogens is 567 g/mol. The summed E-state index contributed by atoms with van der Waals surface area (Å²) in [7, 11) is -4.42. The summed E-state index contributed by atoms with van der Waals surface area (Å²) < 4.78 is 37.4. The zero-order valence-corrected chi connectivity index (χ0v) is 24.7. The van der Waals surface area contributed by atoms with E-state index >= 15 is 0 Å². The summed E-state index contributed by atoms with van der Waals surface area (Å²) in [6.07, 6.45) is -0.108. The molecule has 3 aromatic rings. The number of nitrogens with zero attached hydrogens (tertiary/aromatic N) is 4. The van der Waals surface area contributed by atoms with Crippen molar-refractivity contribution >= 4 is 25.1 Å². The third-order valence-corrected chi connectivity index (χ3v) is 8.40. The Kier molecular flexibility index (Phi) is 8.94. The third-order valence-electron chi connectivity index (χ3n) is 6.78. The lowest BCUT2D eigenvalue weighted by molar-refractivity contribution is -0.146. The molecule has 1 fully saturated rings. The summed E-state index contributed by atoms with van der Waals surface area (Å²) in [5.74, 6) is -0.407. The Morgan fingerprint density at radius 3 is 2.71 bits per heavy atom. The summed E-state index contributed by atoms with van der Waals surface area (Å²) in [5, 5.41) is 39.5. The Balaban J connectivity index is 1.55. The van der Waals surface area contributed by atoms with E-state index in [2.05, 4.69) is 15.2 Å². The fourth-order valence-corrected chi connectivity index (χ4v) is 5.81. The normalized spacial score (nSPS) is 24.5. The molecule has 0 amide bonds. The number of fused-ring (bicyclic) bond motifs is 1. The number of nitrogens with one attached hydrogen (secondary N) is 1. The van der Waals surface area contributed by atoms with E-state index in [-0.39, 0.29) is 29.3 Å². The number of aromatic nitrogens is 3. The van der Waals surface area contributed by atoms with Gasteiger partial charge in [-0.05, 0) is 43.0 Å². The average molecular weight is 603 g/mol. The second kappa shape index (κ2) is 12.0. The number of ether oxygens (including phenoxy) is 2. The number of hydrogen-bond acceptors (Lipinski definition) is 12. The second-order valence-electron chi connectivity index (χ2n) is 11.3. The Morgan fingerprint density at radius 2 is 2.05 bits per heavy atom. The van der Waals surface area contributed by atoms with Crippen LogP contribution >= 0.6 is 7.75 Å². The van der Waals surface area contributed by atoms with E-state index in [0.717, 1.165) is 0 Å². The number of nitrogen functional groups attached to an aromatic ring is 1. The Morgan fingerprint density at radius 1 is 1.33 bits per heavy atom. The van der Waals surface area contributed by atoms with Crippen LogP contribution in [0.5, 0.6) is 5.75 Å². The molecule has 1 aromatic carbocycles. The highest BCUT2D eigenvalue weighted by molar-refractivity contribution is 7.52. The van der Waals surface area contributed by atoms with Crippen molar-refractivity contribution in [2.75, 3.05) is 25.6 Å². The zero-order valence-electron chi connectivity index (χ0n) is 23.8. The predicted molar refractivity (Wildman–Crippen MR) is 150 cm³/mol. The number of para-hydroxylation sites is 1. The summed E-state index contributed by atoms with van der Waals surface area (Å²) in [4.78, 5) is 16.6. The maximum atomic E-state index is 13.9. The molecule has 5 N–H and O–H groups in total. The number of carbonyl (C=O) groups excluding carboxylic acids is 1. The third kappa shape index (κ3) is 6.57. The number of anilines is 1. The molecule has 5 atom stereocenters. The van der Waals surface area contributed by atoms with Crippen molar-refractivity contribution < 1.29 is 38.1 Å². The van der Waals surface area contributed by atoms with E-state index in [0.29, 0.717) is 11.9 Å². The van der Waals surface area contributed by atoms with Crippen molar-refractivity contribution in [2.24, 2.45) is 5.41 Å². The lowest BCUT2D eigenvalue weighted by atomic mass is 9.86. The van der Waals surface area contributed by atoms with Gasteiger partial charge in [0, 0.05) is 0 Å². The van der Waals surface area contributed by atoms with Gasteiger partial charge in [0.15, 0.2) is 11.4 Å². The van der Waals surface area contributed by atoms with Gasteiger partial charge in [-0.25, -0.2) is 14.1 Å². The highest BCUT2D eigenvalue weighted by Gasteiger charge is 2.61. The number of nitriles is 1. The van der Waals surface area contributed by atoms with Gasteiger partial charge in [0.2, 0.25) is 5.60 Å². The summed E-state index contributed by atoms with van der Waals surface area (Å²) in [6, 6.07) is 11.8. The van der Waals surface area contributed by atoms with Crippen LogP contribution in [0, 0.1) is 16.7 Å². The molecule has 0 radical (unpaired) electrons. The minimum atomic E-state index is -4.42. The zero-order chi connectivity index (χ0) is 30.8. The molecule has 15 heteroatoms. The molecule has 0 bridgehead atoms. The van der Waals surface area contributed by atoms with Crippen molar-refractivity contribution in [1.82, 2.24) is 19.7 Å². The van der Waals surface area contributed by atoms with Crippen LogP contribution in [-0.2, 0) is 29.0 Å². The average Bonchev–Trinajstić information content (AvgIpc) is 3.49. The molecule has 1 aliphatic rings. The molecule has 0 unspecified atom stereocenters. The minimum Gasteiger partial charge on any atom is -0.465 e. The van der Waals surface area contributed by atoms with E-state index < -0.39 is 50.3 Å². The predicted octanol–water partition coefficient (Wildman–Crippen LogP) is 2.31. The van der Waals surface area contributed by atoms with E-state index in [1.807, 2.05) is 26.8 Å². The van der Waals surface area contributed by atoms with E-state index in [1.165, 1.54) is 36.0 Å². The standard InChI is InChI=1S/C27H35N6O8P/c1-18(23(34)38-13-12-25(2,3)4)32-42(37,41-19-8-6-5-7-9-19)40-15-26(14-28)24(35)27(36,16-39-26)21-11-10-20-22(29)30-17-31-33(20)21/h5-11,17-18,24,35-36H,12-13,15-16H2,1-4H3,(H,32,37)(H2,29,30,31)/t18-,24+,26+,27-,42-/m0/s1. The molecule has 0 saturated carbocycles. The number of esters is 1. The van der Waals surface area contributed by atoms with Gasteiger partial charge in [-0.1, -0.05) is 39.0 Å². The first-order valence-electron chi connectivity index (χ1n) is 13.2. The quantitative estimate of drug-likeness (QED) is 0.184. The van der Waals surface area contributed by atoms with Gasteiger partial charge >= 0.3 is 13.7 Å². The van der Waals surface area contributed by atoms with Crippen molar-refractivity contribution in [1.29, 1.82) is 5.26 Å². The summed E-state index contributed by atoms with van der Waals surface area (Å²) in [6.45, 7) is 6.25. The van der Waals surface area contributed by atoms with Crippen LogP contribution < -0.4 is 15.3 Å². The van der Waals surface area contributed by atoms with Gasteiger partial charge < -0.3 is 29.9 Å². The van der Waals surface area contributed by atoms with Gasteiger partial charge in [-0.3, -0.25) is 9.32 Å². The van der Waals surface area contributed by atoms with Gasteiger partial charge in [0.1, 0.15) is 42.4 Å². The van der Waals surface area contributed by atoms with Crippen LogP contribution in [0.1, 0.15) is 39.8 Å². The number of aliphatic hydroxyl groups is 2. The number of carbonyl (C=O) groups is 1. The van der Waals surface area contributed by atoms with Crippen molar-refractivity contribution in [2.45, 2.75) is 57.5 Å². The second-order valence-corrected chi connectivity index (χ2v) is 13.0. The highest BCUT2D eigenvalue weighted by atomic mass is 31.2. The maximum absolute atomic E-state index is 13.9. The van der Waals surface area contributed by atoms with Gasteiger partial charge in [0.05, 0.1) is 18.9 Å². The van der Waals surface area contributed by atoms with Crippen LogP contribution in [0.2, 0.25) is 0 Å². The Labute approximate surface area is 242 Å². The van der Waals surface area contributed by atoms with Crippen LogP contribution in [0.25, 0.3) is 5.52 Å². The van der Waals surface area contributed by atoms with E-state index in [1.54, 1.807) is 24.3 Å². The molecule has 1 aliphatic heterocycles. The molecule has 226 valence electrons. The summed E-state index contributed by atoms with van der Waals surface area (Å²) in [5.41, 5.74) is 1.96. The topological polar surface area (TPSA) is 204 Å². The SMILES string of the molecule is C[C@H](N[P@](=O)(OC[C@@]1(C#N)OC[C@](O)(c2ccc3c(N)ncnn23)[C@@H]1O)Oc1ccccc1)C(=O)OCCC(C)(C)C. The first-order chi connectivity index (χ1) is 19.7. The van der Waals surface area contributed by atoms with E-state index in [9.17, 15) is 24.8 Å². The Hall–Kier alpha value is -3.57. The molecule has 14 nitrogen and oxygen atoms in total. The number of aliphatic hydroxyl groups excluding tert-OH is 1. The number of benzene rings is 1. The van der Waals surface area contributed by atoms with Crippen molar-refractivity contribution in [3.05, 3.63) is 54.5 Å². The van der Waals surface area contributed by atoms with Crippen LogP contribution in [-0.4, -0.2) is 68.3 Å². The molecule has 2 aromatic heterocycles. The number of nitrogens with two attached hydrogens (primary N) is 1. The molecular formula is C27H35N6O8P. The fourth-order valence-electron chi connectivity index (χ4n) is 4.29. The smallest absolute Gasteiger partial charge is 0.459 e. The van der Waals surface area contributed by atoms with Gasteiger partial charge in [-0.15, -0.1) is 0 Å². The van der Waals surface area contributed by atoms with Crippen molar-refractivity contribution in [3.8, 4) is 11.8 Å². The molecule has 42 heavy (non-hydrogen) atoms. The van der Waals surface area contributed by atoms with Crippen LogP contribution in [0.4, 0.5) is 5.82 Å². The van der Waals surface area contributed by atoms with E-state index in [4.69, 9.17) is 24.3 Å². The lowest BCUT2D eigenvalue weighted by Gasteiger charge is -2.31. The fraction of sp³-hybridized carbons (Fsp3) is 0.481. The van der Waals surface area contributed by atoms with Crippen molar-refractivity contribution in [3.63, 3.8) is 0 Å². The molecule has 0 aliphatic carbocycles. The van der Waals surface area contributed by atoms with Crippen LogP contribution in [0.3, 0.4) is 0 Å². The van der Waals surface area contributed by atoms with Gasteiger partial charge in [0.25, 0.3) is 0 Å². The minimum absolute atomic E-state index is 0.0614.